The molecule has 2 fully saturated rings. The van der Waals surface area contributed by atoms with Gasteiger partial charge >= 0.3 is 0 Å². The Morgan fingerprint density at radius 2 is 1.58 bits per heavy atom. The van der Waals surface area contributed by atoms with Crippen LogP contribution in [-0.2, 0) is 30.4 Å². The number of nitrogens with one attached hydrogen (secondary N) is 3. The van der Waals surface area contributed by atoms with Crippen LogP contribution in [0.3, 0.4) is 0 Å². The zero-order valence-corrected chi connectivity index (χ0v) is 31.7. The summed E-state index contributed by atoms with van der Waals surface area (Å²) in [7, 11) is 0. The molecule has 14 nitrogen and oxygen atoms in total. The highest BCUT2D eigenvalue weighted by atomic mass is 32.1. The maximum atomic E-state index is 13.5. The number of aromatic amines is 1. The normalized spacial score (nSPS) is 18.8. The molecule has 0 aromatic carbocycles. The number of carbonyl (C=O) groups excluding carboxylic acids is 5. The van der Waals surface area contributed by atoms with E-state index in [2.05, 4.69) is 26.7 Å². The van der Waals surface area contributed by atoms with Crippen LogP contribution >= 0.6 is 22.7 Å². The number of aliphatic hydroxyl groups excluding tert-OH is 1. The lowest BCUT2D eigenvalue weighted by Gasteiger charge is -2.30. The summed E-state index contributed by atoms with van der Waals surface area (Å²) in [5, 5.41) is 14.6. The molecule has 6 heterocycles. The van der Waals surface area contributed by atoms with Crippen LogP contribution in [0.4, 0.5) is 0 Å². The highest BCUT2D eigenvalue weighted by molar-refractivity contribution is 7.26. The fourth-order valence-electron chi connectivity index (χ4n) is 7.09. The van der Waals surface area contributed by atoms with Gasteiger partial charge in [0.15, 0.2) is 10.7 Å². The molecule has 2 aliphatic heterocycles. The lowest BCUT2D eigenvalue weighted by molar-refractivity contribution is -0.141. The van der Waals surface area contributed by atoms with Gasteiger partial charge in [-0.15, -0.1) is 11.3 Å². The van der Waals surface area contributed by atoms with Gasteiger partial charge in [0.25, 0.3) is 0 Å². The maximum absolute atomic E-state index is 13.5. The number of aliphatic hydroxyl groups is 1. The number of likely N-dealkylation sites (tertiary alicyclic amines) is 2. The van der Waals surface area contributed by atoms with Crippen LogP contribution in [0.2, 0.25) is 0 Å². The van der Waals surface area contributed by atoms with Gasteiger partial charge in [-0.3, -0.25) is 28.4 Å². The van der Waals surface area contributed by atoms with Crippen molar-refractivity contribution in [2.24, 2.45) is 11.8 Å². The number of H-pyrrole nitrogens is 1. The number of imidazole rings is 2. The van der Waals surface area contributed by atoms with Crippen LogP contribution in [0.1, 0.15) is 77.9 Å². The van der Waals surface area contributed by atoms with Crippen LogP contribution in [0.5, 0.6) is 0 Å². The zero-order chi connectivity index (χ0) is 37.3. The Labute approximate surface area is 310 Å². The summed E-state index contributed by atoms with van der Waals surface area (Å²) in [6, 6.07) is 1.92. The molecule has 4 aromatic heterocycles. The van der Waals surface area contributed by atoms with E-state index in [1.807, 2.05) is 50.6 Å². The zero-order valence-electron chi connectivity index (χ0n) is 30.0. The van der Waals surface area contributed by atoms with Gasteiger partial charge in [-0.1, -0.05) is 39.0 Å². The molecule has 0 aliphatic carbocycles. The second kappa shape index (κ2) is 15.7. The van der Waals surface area contributed by atoms with E-state index < -0.39 is 30.6 Å². The summed E-state index contributed by atoms with van der Waals surface area (Å²) >= 11 is 3.14. The van der Waals surface area contributed by atoms with Crippen molar-refractivity contribution in [3.63, 3.8) is 0 Å². The Kier molecular flexibility index (Phi) is 11.3. The van der Waals surface area contributed by atoms with E-state index >= 15 is 0 Å². The van der Waals surface area contributed by atoms with Crippen LogP contribution in [-0.4, -0.2) is 101 Å². The number of hydrogen-bond donors (Lipinski definition) is 4. The topological polar surface area (TPSA) is 182 Å². The predicted molar refractivity (Wildman–Crippen MR) is 197 cm³/mol. The molecule has 4 aromatic rings. The Morgan fingerprint density at radius 3 is 2.27 bits per heavy atom. The summed E-state index contributed by atoms with van der Waals surface area (Å²) in [4.78, 5) is 83.9. The molecule has 1 unspecified atom stereocenters. The molecule has 0 spiro atoms. The molecule has 0 saturated carbocycles. The fourth-order valence-corrected chi connectivity index (χ4v) is 9.12. The van der Waals surface area contributed by atoms with Gasteiger partial charge in [0.2, 0.25) is 23.6 Å². The van der Waals surface area contributed by atoms with Crippen molar-refractivity contribution in [1.82, 2.24) is 39.8 Å². The monoisotopic (exact) mass is 750 g/mol. The van der Waals surface area contributed by atoms with E-state index in [1.54, 1.807) is 27.3 Å². The molecule has 278 valence electrons. The van der Waals surface area contributed by atoms with Gasteiger partial charge in [0.05, 0.1) is 45.8 Å². The van der Waals surface area contributed by atoms with E-state index in [1.165, 1.54) is 18.3 Å². The van der Waals surface area contributed by atoms with Crippen molar-refractivity contribution in [3.05, 3.63) is 42.2 Å². The molecular weight excluding hydrogens is 705 g/mol. The third-order valence-corrected chi connectivity index (χ3v) is 12.0. The Balaban J connectivity index is 1.11. The largest absolute Gasteiger partial charge is 0.387 e. The lowest BCUT2D eigenvalue weighted by Crippen LogP contribution is -2.53. The Morgan fingerprint density at radius 1 is 0.904 bits per heavy atom. The number of fused-ring (bicyclic) bond motifs is 1. The first-order valence-corrected chi connectivity index (χ1v) is 19.4. The molecule has 0 bridgehead atoms. The number of nitrogens with zero attached hydrogens (tertiary/aromatic N) is 5. The van der Waals surface area contributed by atoms with Crippen molar-refractivity contribution in [2.45, 2.75) is 90.9 Å². The predicted octanol–water partition coefficient (Wildman–Crippen LogP) is 3.57. The van der Waals surface area contributed by atoms with Crippen molar-refractivity contribution in [2.75, 3.05) is 19.7 Å². The third-order valence-electron chi connectivity index (χ3n) is 9.71. The second-order valence-corrected chi connectivity index (χ2v) is 16.3. The molecule has 52 heavy (non-hydrogen) atoms. The Bertz CT molecular complexity index is 1930. The highest BCUT2D eigenvalue weighted by Gasteiger charge is 2.39. The molecule has 16 heteroatoms. The molecule has 4 N–H and O–H groups in total. The number of hydrogen-bond acceptors (Lipinski definition) is 10. The highest BCUT2D eigenvalue weighted by Crippen LogP contribution is 2.39. The number of thiazole rings is 1. The van der Waals surface area contributed by atoms with Crippen molar-refractivity contribution in [3.8, 4) is 20.3 Å². The van der Waals surface area contributed by atoms with Gasteiger partial charge < -0.3 is 30.5 Å². The summed E-state index contributed by atoms with van der Waals surface area (Å²) in [6.07, 6.45) is 8.69. The fraction of sp³-hybridized carbons (Fsp3) is 0.528. The maximum Gasteiger partial charge on any atom is 0.246 e. The molecule has 6 rings (SSSR count). The Hall–Kier alpha value is -4.41. The molecule has 2 aliphatic rings. The second-order valence-electron chi connectivity index (χ2n) is 14.3. The number of carbonyl (C=O) groups is 5. The number of Topliss-reactive ketones (excluding diaryl/α,β-unsaturated/α-hetero) is 1. The third kappa shape index (κ3) is 7.83. The number of rotatable bonds is 13. The van der Waals surface area contributed by atoms with Crippen LogP contribution in [0, 0.1) is 11.8 Å². The smallest absolute Gasteiger partial charge is 0.246 e. The van der Waals surface area contributed by atoms with Gasteiger partial charge in [0, 0.05) is 37.3 Å². The van der Waals surface area contributed by atoms with Gasteiger partial charge in [-0.25, -0.2) is 9.97 Å². The SMILES string of the molecule is CC(=O)N[C@H](C(=O)N1CCC[C@H]1C(=O)Cc1cn2cc(-c3ccc(-c4cnc(C5CCCN5C(=O)[C@@H](NC(=O)CO)C(C)C)[nH]4)s3)sc2n1)C(C)C. The molecule has 4 atom stereocenters. The number of amides is 4. The first kappa shape index (κ1) is 37.4. The van der Waals surface area contributed by atoms with Gasteiger partial charge in [-0.05, 0) is 49.7 Å². The van der Waals surface area contributed by atoms with Crippen LogP contribution in [0.25, 0.3) is 25.3 Å². The van der Waals surface area contributed by atoms with Crippen LogP contribution < -0.4 is 10.6 Å². The van der Waals surface area contributed by atoms with Gasteiger partial charge in [-0.2, -0.15) is 0 Å². The minimum Gasteiger partial charge on any atom is -0.387 e. The van der Waals surface area contributed by atoms with E-state index in [4.69, 9.17) is 4.98 Å². The van der Waals surface area contributed by atoms with Crippen LogP contribution in [0.15, 0.2) is 30.7 Å². The minimum absolute atomic E-state index is 0.0534. The molecule has 2 saturated heterocycles. The lowest BCUT2D eigenvalue weighted by atomic mass is 10.0. The summed E-state index contributed by atoms with van der Waals surface area (Å²) in [6.45, 7) is 9.28. The summed E-state index contributed by atoms with van der Waals surface area (Å²) < 4.78 is 1.93. The summed E-state index contributed by atoms with van der Waals surface area (Å²) in [5.41, 5.74) is 1.49. The molecular formula is C36H46N8O6S2. The first-order valence-electron chi connectivity index (χ1n) is 17.8. The first-order chi connectivity index (χ1) is 24.8. The van der Waals surface area contributed by atoms with E-state index in [0.717, 1.165) is 44.5 Å². The van der Waals surface area contributed by atoms with E-state index in [9.17, 15) is 29.1 Å². The van der Waals surface area contributed by atoms with Crippen molar-refractivity contribution < 1.29 is 29.1 Å². The van der Waals surface area contributed by atoms with Crippen molar-refractivity contribution in [1.29, 1.82) is 0 Å². The van der Waals surface area contributed by atoms with Crippen molar-refractivity contribution >= 4 is 57.0 Å². The van der Waals surface area contributed by atoms with E-state index in [0.29, 0.717) is 31.0 Å². The average Bonchev–Trinajstić information content (AvgIpc) is 3.94. The van der Waals surface area contributed by atoms with Gasteiger partial charge in [0.1, 0.15) is 24.5 Å². The molecule has 4 amide bonds. The average molecular weight is 751 g/mol. The standard InChI is InChI=1S/C36H46N8O6S2/c1-19(2)31(38-21(5)46)34(49)43-12-6-8-24(43)26(47)14-22-16-42-17-29(52-36(42)39-22)28-11-10-27(51-28)23-15-37-33(40-23)25-9-7-13-44(25)35(50)32(20(3)4)41-30(48)18-45/h10-11,15-17,19-20,24-25,31-32,45H,6-9,12-14,18H2,1-5H3,(H,37,40)(H,38,46)(H,41,48)/t24-,25?,31-,32-/m0/s1. The quantitative estimate of drug-likeness (QED) is 0.160. The molecule has 0 radical (unpaired) electrons. The number of ketones is 1. The minimum atomic E-state index is -0.730. The summed E-state index contributed by atoms with van der Waals surface area (Å²) in [5.74, 6) is -0.841. The number of thiophene rings is 1. The number of aromatic nitrogens is 4. The van der Waals surface area contributed by atoms with E-state index in [-0.39, 0.29) is 47.8 Å².